The van der Waals surface area contributed by atoms with Crippen molar-refractivity contribution in [2.24, 2.45) is 0 Å². The van der Waals surface area contributed by atoms with Gasteiger partial charge in [0.25, 0.3) is 0 Å². The van der Waals surface area contributed by atoms with Crippen molar-refractivity contribution in [1.29, 1.82) is 0 Å². The zero-order valence-electron chi connectivity index (χ0n) is 9.08. The molecule has 3 rings (SSSR count). The molecule has 0 amide bonds. The number of aromatic nitrogens is 3. The number of hydrogen-bond donors (Lipinski definition) is 1. The largest absolute Gasteiger partial charge is 0.475 e. The van der Waals surface area contributed by atoms with Crippen molar-refractivity contribution < 1.29 is 9.90 Å². The lowest BCUT2D eigenvalue weighted by molar-refractivity contribution is 0.0683. The fourth-order valence-corrected chi connectivity index (χ4v) is 1.76. The van der Waals surface area contributed by atoms with Crippen LogP contribution in [0.1, 0.15) is 35.1 Å². The first-order valence-electron chi connectivity index (χ1n) is 5.49. The van der Waals surface area contributed by atoms with E-state index in [2.05, 4.69) is 9.97 Å². The maximum Gasteiger partial charge on any atom is 0.374 e. The molecule has 17 heavy (non-hydrogen) atoms. The average molecular weight is 229 g/mol. The van der Waals surface area contributed by atoms with E-state index in [-0.39, 0.29) is 5.82 Å². The van der Waals surface area contributed by atoms with Gasteiger partial charge in [0.1, 0.15) is 5.82 Å². The number of carboxylic acids is 1. The molecule has 0 spiro atoms. The van der Waals surface area contributed by atoms with E-state index < -0.39 is 5.97 Å². The molecule has 1 N–H and O–H groups in total. The van der Waals surface area contributed by atoms with Crippen LogP contribution in [0.25, 0.3) is 5.82 Å². The summed E-state index contributed by atoms with van der Waals surface area (Å²) >= 11 is 0. The van der Waals surface area contributed by atoms with Gasteiger partial charge < -0.3 is 9.67 Å². The van der Waals surface area contributed by atoms with Crippen LogP contribution in [0.4, 0.5) is 0 Å². The highest BCUT2D eigenvalue weighted by Gasteiger charge is 2.27. The van der Waals surface area contributed by atoms with Gasteiger partial charge in [-0.3, -0.25) is 0 Å². The van der Waals surface area contributed by atoms with Crippen LogP contribution in [0.3, 0.4) is 0 Å². The predicted octanol–water partition coefficient (Wildman–Crippen LogP) is 1.84. The second-order valence-corrected chi connectivity index (χ2v) is 4.14. The number of carboxylic acid groups (broad SMARTS) is 1. The zero-order chi connectivity index (χ0) is 11.8. The van der Waals surface area contributed by atoms with Gasteiger partial charge in [-0.1, -0.05) is 0 Å². The van der Waals surface area contributed by atoms with Gasteiger partial charge in [-0.05, 0) is 25.0 Å². The second-order valence-electron chi connectivity index (χ2n) is 4.14. The fraction of sp³-hybridized carbons (Fsp3) is 0.250. The lowest BCUT2D eigenvalue weighted by Gasteiger charge is -2.06. The summed E-state index contributed by atoms with van der Waals surface area (Å²) in [5, 5.41) is 9.00. The summed E-state index contributed by atoms with van der Waals surface area (Å²) in [5.74, 6) is -0.186. The SMILES string of the molecule is O=C(O)c1nc(C2CC2)cc(-n2cccc2)n1. The minimum absolute atomic E-state index is 0.127. The van der Waals surface area contributed by atoms with Crippen LogP contribution < -0.4 is 0 Å². The molecular formula is C12H11N3O2. The normalized spacial score (nSPS) is 14.8. The van der Waals surface area contributed by atoms with Crippen LogP contribution in [-0.4, -0.2) is 25.6 Å². The number of aromatic carboxylic acids is 1. The summed E-state index contributed by atoms with van der Waals surface area (Å²) in [6, 6.07) is 5.61. The summed E-state index contributed by atoms with van der Waals surface area (Å²) in [5.41, 5.74) is 0.834. The Morgan fingerprint density at radius 2 is 2.00 bits per heavy atom. The van der Waals surface area contributed by atoms with Crippen molar-refractivity contribution >= 4 is 5.97 Å². The van der Waals surface area contributed by atoms with E-state index in [0.29, 0.717) is 11.7 Å². The topological polar surface area (TPSA) is 68.0 Å². The van der Waals surface area contributed by atoms with Gasteiger partial charge in [-0.15, -0.1) is 0 Å². The van der Waals surface area contributed by atoms with E-state index in [1.807, 2.05) is 30.6 Å². The molecule has 0 radical (unpaired) electrons. The Labute approximate surface area is 97.8 Å². The van der Waals surface area contributed by atoms with Crippen molar-refractivity contribution in [3.05, 3.63) is 42.1 Å². The van der Waals surface area contributed by atoms with E-state index in [1.54, 1.807) is 4.57 Å². The van der Waals surface area contributed by atoms with Crippen LogP contribution in [0.5, 0.6) is 0 Å². The molecule has 5 heteroatoms. The lowest BCUT2D eigenvalue weighted by atomic mass is 10.2. The van der Waals surface area contributed by atoms with Crippen LogP contribution in [0.2, 0.25) is 0 Å². The third-order valence-electron chi connectivity index (χ3n) is 2.79. The minimum Gasteiger partial charge on any atom is -0.475 e. The Morgan fingerprint density at radius 3 is 2.59 bits per heavy atom. The predicted molar refractivity (Wildman–Crippen MR) is 60.3 cm³/mol. The third kappa shape index (κ3) is 1.91. The Hall–Kier alpha value is -2.17. The molecule has 2 aromatic rings. The summed E-state index contributed by atoms with van der Waals surface area (Å²) in [6.07, 6.45) is 5.84. The van der Waals surface area contributed by atoms with Crippen molar-refractivity contribution in [2.45, 2.75) is 18.8 Å². The molecule has 1 saturated carbocycles. The molecule has 5 nitrogen and oxygen atoms in total. The van der Waals surface area contributed by atoms with Gasteiger partial charge in [0.2, 0.25) is 5.82 Å². The van der Waals surface area contributed by atoms with Gasteiger partial charge >= 0.3 is 5.97 Å². The molecule has 1 aliphatic carbocycles. The quantitative estimate of drug-likeness (QED) is 0.872. The summed E-state index contributed by atoms with van der Waals surface area (Å²) in [4.78, 5) is 19.1. The van der Waals surface area contributed by atoms with E-state index >= 15 is 0 Å². The molecule has 1 aliphatic rings. The van der Waals surface area contributed by atoms with Crippen molar-refractivity contribution in [3.8, 4) is 5.82 Å². The van der Waals surface area contributed by atoms with Crippen molar-refractivity contribution in [1.82, 2.24) is 14.5 Å². The van der Waals surface area contributed by atoms with Crippen molar-refractivity contribution in [3.63, 3.8) is 0 Å². The van der Waals surface area contributed by atoms with Crippen molar-refractivity contribution in [2.75, 3.05) is 0 Å². The molecule has 1 fully saturated rings. The monoisotopic (exact) mass is 229 g/mol. The average Bonchev–Trinajstić information content (AvgIpc) is 3.04. The smallest absolute Gasteiger partial charge is 0.374 e. The highest BCUT2D eigenvalue weighted by atomic mass is 16.4. The maximum absolute atomic E-state index is 11.0. The Morgan fingerprint density at radius 1 is 1.29 bits per heavy atom. The first-order chi connectivity index (χ1) is 8.24. The van der Waals surface area contributed by atoms with Crippen LogP contribution in [0.15, 0.2) is 30.6 Å². The Kier molecular flexibility index (Phi) is 2.18. The first-order valence-corrected chi connectivity index (χ1v) is 5.49. The van der Waals surface area contributed by atoms with Crippen LogP contribution >= 0.6 is 0 Å². The molecule has 0 bridgehead atoms. The van der Waals surface area contributed by atoms with Crippen LogP contribution in [-0.2, 0) is 0 Å². The summed E-state index contributed by atoms with van der Waals surface area (Å²) in [7, 11) is 0. The number of carbonyl (C=O) groups is 1. The molecular weight excluding hydrogens is 218 g/mol. The van der Waals surface area contributed by atoms with Gasteiger partial charge in [0, 0.05) is 30.1 Å². The molecule has 2 aromatic heterocycles. The van der Waals surface area contributed by atoms with E-state index in [1.165, 1.54) is 0 Å². The maximum atomic E-state index is 11.0. The first kappa shape index (κ1) is 10.0. The van der Waals surface area contributed by atoms with Gasteiger partial charge in [0.05, 0.1) is 0 Å². The molecule has 0 aromatic carbocycles. The lowest BCUT2D eigenvalue weighted by Crippen LogP contribution is -2.09. The molecule has 0 aliphatic heterocycles. The zero-order valence-corrected chi connectivity index (χ0v) is 9.08. The molecule has 0 unspecified atom stereocenters. The van der Waals surface area contributed by atoms with Gasteiger partial charge in [-0.25, -0.2) is 14.8 Å². The van der Waals surface area contributed by atoms with E-state index in [4.69, 9.17) is 5.11 Å². The van der Waals surface area contributed by atoms with Gasteiger partial charge in [-0.2, -0.15) is 0 Å². The minimum atomic E-state index is -1.08. The van der Waals surface area contributed by atoms with Gasteiger partial charge in [0.15, 0.2) is 0 Å². The van der Waals surface area contributed by atoms with E-state index in [0.717, 1.165) is 18.5 Å². The van der Waals surface area contributed by atoms with E-state index in [9.17, 15) is 4.79 Å². The second kappa shape index (κ2) is 3.69. The standard InChI is InChI=1S/C12H11N3O2/c16-12(17)11-13-9(8-3-4-8)7-10(14-11)15-5-1-2-6-15/h1-2,5-8H,3-4H2,(H,16,17). The molecule has 2 heterocycles. The third-order valence-corrected chi connectivity index (χ3v) is 2.79. The molecule has 0 saturated heterocycles. The van der Waals surface area contributed by atoms with Crippen LogP contribution in [0, 0.1) is 0 Å². The molecule has 0 atom stereocenters. The number of rotatable bonds is 3. The summed E-state index contributed by atoms with van der Waals surface area (Å²) < 4.78 is 1.79. The molecule has 86 valence electrons. The Balaban J connectivity index is 2.11. The Bertz CT molecular complexity index is 559. The number of nitrogens with zero attached hydrogens (tertiary/aromatic N) is 3. The fourth-order valence-electron chi connectivity index (χ4n) is 1.76. The number of hydrogen-bond acceptors (Lipinski definition) is 3. The highest BCUT2D eigenvalue weighted by Crippen LogP contribution is 2.39. The summed E-state index contributed by atoms with van der Waals surface area (Å²) in [6.45, 7) is 0. The highest BCUT2D eigenvalue weighted by molar-refractivity contribution is 5.83.